The molecular formula is C18H28N5O6P. The van der Waals surface area contributed by atoms with Crippen molar-refractivity contribution in [2.45, 2.75) is 70.4 Å². The number of imidazole rings is 1. The molecule has 0 saturated heterocycles. The highest BCUT2D eigenvalue weighted by atomic mass is 31.2. The number of rotatable bonds is 8. The summed E-state index contributed by atoms with van der Waals surface area (Å²) >= 11 is 0. The molecule has 2 aromatic rings. The molecule has 2 heterocycles. The zero-order valence-corrected chi connectivity index (χ0v) is 18.2. The van der Waals surface area contributed by atoms with Crippen LogP contribution in [0.2, 0.25) is 0 Å². The van der Waals surface area contributed by atoms with Gasteiger partial charge >= 0.3 is 13.8 Å². The number of carbonyl (C=O) groups is 1. The van der Waals surface area contributed by atoms with Crippen LogP contribution in [-0.2, 0) is 18.6 Å². The molecule has 0 amide bonds. The van der Waals surface area contributed by atoms with E-state index in [9.17, 15) is 14.3 Å². The van der Waals surface area contributed by atoms with E-state index in [4.69, 9.17) is 15.0 Å². The molecule has 0 radical (unpaired) electrons. The number of ether oxygens (including phenoxy) is 2. The Bertz CT molecular complexity index is 946. The topological polar surface area (TPSA) is 152 Å². The third kappa shape index (κ3) is 4.14. The molecule has 1 fully saturated rings. The summed E-state index contributed by atoms with van der Waals surface area (Å²) in [5, 5.41) is -1.50. The van der Waals surface area contributed by atoms with E-state index >= 15 is 0 Å². The van der Waals surface area contributed by atoms with E-state index in [1.54, 1.807) is 27.1 Å². The van der Waals surface area contributed by atoms with Crippen LogP contribution < -0.4 is 5.73 Å². The van der Waals surface area contributed by atoms with E-state index in [1.165, 1.54) is 6.33 Å². The molecule has 1 unspecified atom stereocenters. The highest BCUT2D eigenvalue weighted by molar-refractivity contribution is 7.54. The normalized spacial score (nSPS) is 21.5. The lowest BCUT2D eigenvalue weighted by atomic mass is 10.2. The second-order valence-corrected chi connectivity index (χ2v) is 9.28. The summed E-state index contributed by atoms with van der Waals surface area (Å²) in [6.45, 7) is 5.10. The Kier molecular flexibility index (Phi) is 6.64. The molecule has 1 aliphatic rings. The average Bonchev–Trinajstić information content (AvgIpc) is 3.33. The first-order chi connectivity index (χ1) is 14.3. The first-order valence-electron chi connectivity index (χ1n) is 10.1. The molecule has 12 heteroatoms. The van der Waals surface area contributed by atoms with Crippen molar-refractivity contribution in [1.29, 1.82) is 0 Å². The van der Waals surface area contributed by atoms with Gasteiger partial charge < -0.3 is 29.2 Å². The smallest absolute Gasteiger partial charge is 0.434 e. The zero-order valence-electron chi connectivity index (χ0n) is 17.4. The number of hydrogen-bond donors (Lipinski definition) is 2. The molecule has 1 saturated carbocycles. The fourth-order valence-electron chi connectivity index (χ4n) is 3.94. The van der Waals surface area contributed by atoms with E-state index < -0.39 is 19.1 Å². The van der Waals surface area contributed by atoms with Gasteiger partial charge in [-0.25, -0.2) is 24.3 Å². The fraction of sp³-hybridized carbons (Fsp3) is 0.667. The second kappa shape index (κ2) is 8.87. The van der Waals surface area contributed by atoms with Gasteiger partial charge in [0.05, 0.1) is 19.0 Å². The fourth-order valence-corrected chi connectivity index (χ4v) is 5.44. The van der Waals surface area contributed by atoms with E-state index in [0.717, 1.165) is 6.42 Å². The SMILES string of the molecule is CCOC(=O)OP(=O)(O)C(CC)(CC)O[C@H]1CC[C@@H](n2cnc3c(N)ncnc32)C1. The average molecular weight is 441 g/mol. The van der Waals surface area contributed by atoms with Crippen LogP contribution >= 0.6 is 7.60 Å². The Labute approximate surface area is 174 Å². The quantitative estimate of drug-likeness (QED) is 0.460. The number of aromatic nitrogens is 4. The zero-order chi connectivity index (χ0) is 21.9. The van der Waals surface area contributed by atoms with E-state index in [1.807, 2.05) is 4.57 Å². The number of nitrogens with zero attached hydrogens (tertiary/aromatic N) is 4. The van der Waals surface area contributed by atoms with Crippen LogP contribution in [0.4, 0.5) is 10.6 Å². The van der Waals surface area contributed by atoms with Crippen molar-refractivity contribution in [3.05, 3.63) is 12.7 Å². The summed E-state index contributed by atoms with van der Waals surface area (Å²) in [5.74, 6) is 0.317. The molecule has 0 aliphatic heterocycles. The number of anilines is 1. The summed E-state index contributed by atoms with van der Waals surface area (Å²) in [6, 6.07) is 0.0461. The van der Waals surface area contributed by atoms with Crippen molar-refractivity contribution < 1.29 is 28.3 Å². The first kappa shape index (κ1) is 22.5. The van der Waals surface area contributed by atoms with Crippen LogP contribution in [0.1, 0.15) is 58.9 Å². The van der Waals surface area contributed by atoms with Gasteiger partial charge in [0.15, 0.2) is 16.8 Å². The number of fused-ring (bicyclic) bond motifs is 1. The monoisotopic (exact) mass is 441 g/mol. The van der Waals surface area contributed by atoms with Gasteiger partial charge in [-0.3, -0.25) is 0 Å². The van der Waals surface area contributed by atoms with E-state index in [-0.39, 0.29) is 31.6 Å². The van der Waals surface area contributed by atoms with Crippen molar-refractivity contribution in [2.75, 3.05) is 12.3 Å². The molecule has 0 aromatic carbocycles. The molecule has 3 rings (SSSR count). The molecule has 30 heavy (non-hydrogen) atoms. The van der Waals surface area contributed by atoms with Crippen LogP contribution in [0.5, 0.6) is 0 Å². The van der Waals surface area contributed by atoms with Gasteiger partial charge in [-0.15, -0.1) is 0 Å². The molecule has 166 valence electrons. The molecule has 3 N–H and O–H groups in total. The Hall–Kier alpha value is -2.23. The van der Waals surface area contributed by atoms with Crippen molar-refractivity contribution in [3.63, 3.8) is 0 Å². The van der Waals surface area contributed by atoms with Crippen LogP contribution in [0.15, 0.2) is 12.7 Å². The molecule has 2 aromatic heterocycles. The van der Waals surface area contributed by atoms with Crippen LogP contribution in [0, 0.1) is 0 Å². The number of nitrogen functional groups attached to an aromatic ring is 1. The maximum atomic E-state index is 13.0. The minimum atomic E-state index is -4.45. The third-order valence-electron chi connectivity index (χ3n) is 5.60. The molecule has 0 bridgehead atoms. The summed E-state index contributed by atoms with van der Waals surface area (Å²) in [6.07, 6.45) is 4.05. The summed E-state index contributed by atoms with van der Waals surface area (Å²) in [5.41, 5.74) is 7.05. The van der Waals surface area contributed by atoms with Crippen LogP contribution in [-0.4, -0.2) is 48.6 Å². The molecule has 1 aliphatic carbocycles. The van der Waals surface area contributed by atoms with Gasteiger partial charge in [0.1, 0.15) is 11.8 Å². The maximum absolute atomic E-state index is 13.0. The Morgan fingerprint density at radius 1 is 1.30 bits per heavy atom. The van der Waals surface area contributed by atoms with Crippen molar-refractivity contribution in [2.24, 2.45) is 0 Å². The van der Waals surface area contributed by atoms with Crippen molar-refractivity contribution in [1.82, 2.24) is 19.5 Å². The van der Waals surface area contributed by atoms with Gasteiger partial charge in [0, 0.05) is 6.04 Å². The largest absolute Gasteiger partial charge is 0.514 e. The summed E-state index contributed by atoms with van der Waals surface area (Å²) in [4.78, 5) is 34.8. The van der Waals surface area contributed by atoms with Gasteiger partial charge in [0.25, 0.3) is 0 Å². The van der Waals surface area contributed by atoms with E-state index in [2.05, 4.69) is 19.7 Å². The molecule has 3 atom stereocenters. The Balaban J connectivity index is 1.76. The third-order valence-corrected chi connectivity index (χ3v) is 7.77. The second-order valence-electron chi connectivity index (χ2n) is 7.24. The predicted molar refractivity (Wildman–Crippen MR) is 109 cm³/mol. The maximum Gasteiger partial charge on any atom is 0.514 e. The standard InChI is InChI=1S/C18H28N5O6P/c1-4-18(5-2,30(25,26)29-17(24)27-6-3)28-13-8-7-12(9-13)23-11-22-14-15(19)20-10-21-16(14)23/h10-13H,4-9H2,1-3H3,(H,25,26)(H2,19,20,21)/t12-,13+/m1/s1. The molecular weight excluding hydrogens is 413 g/mol. The summed E-state index contributed by atoms with van der Waals surface area (Å²) in [7, 11) is -4.45. The van der Waals surface area contributed by atoms with E-state index in [0.29, 0.717) is 29.8 Å². The minimum absolute atomic E-state index is 0.0438. The number of hydrogen-bond acceptors (Lipinski definition) is 9. The number of carbonyl (C=O) groups excluding carboxylic acids is 1. The Morgan fingerprint density at radius 3 is 2.70 bits per heavy atom. The Morgan fingerprint density at radius 2 is 2.03 bits per heavy atom. The van der Waals surface area contributed by atoms with Crippen LogP contribution in [0.3, 0.4) is 0 Å². The molecule has 11 nitrogen and oxygen atoms in total. The highest BCUT2D eigenvalue weighted by Crippen LogP contribution is 2.61. The lowest BCUT2D eigenvalue weighted by molar-refractivity contribution is -0.0592. The lowest BCUT2D eigenvalue weighted by Crippen LogP contribution is -2.36. The van der Waals surface area contributed by atoms with Crippen molar-refractivity contribution in [3.8, 4) is 0 Å². The highest BCUT2D eigenvalue weighted by Gasteiger charge is 2.52. The predicted octanol–water partition coefficient (Wildman–Crippen LogP) is 3.39. The molecule has 0 spiro atoms. The van der Waals surface area contributed by atoms with Crippen LogP contribution in [0.25, 0.3) is 11.2 Å². The van der Waals surface area contributed by atoms with Gasteiger partial charge in [-0.1, -0.05) is 13.8 Å². The summed E-state index contributed by atoms with van der Waals surface area (Å²) < 4.78 is 30.5. The minimum Gasteiger partial charge on any atom is -0.434 e. The number of nitrogens with two attached hydrogens (primary N) is 1. The van der Waals surface area contributed by atoms with Gasteiger partial charge in [-0.2, -0.15) is 0 Å². The van der Waals surface area contributed by atoms with Gasteiger partial charge in [-0.05, 0) is 39.0 Å². The van der Waals surface area contributed by atoms with Crippen molar-refractivity contribution >= 4 is 30.7 Å². The lowest BCUT2D eigenvalue weighted by Gasteiger charge is -2.36. The van der Waals surface area contributed by atoms with Gasteiger partial charge in [0.2, 0.25) is 0 Å². The first-order valence-corrected chi connectivity index (χ1v) is 11.6.